The van der Waals surface area contributed by atoms with E-state index in [1.807, 2.05) is 0 Å². The molecule has 0 saturated heterocycles. The average molecular weight is 345 g/mol. The minimum absolute atomic E-state index is 0.204. The molecule has 0 amide bonds. The van der Waals surface area contributed by atoms with Gasteiger partial charge in [0, 0.05) is 42.1 Å². The summed E-state index contributed by atoms with van der Waals surface area (Å²) >= 11 is 0.901. The first-order valence-corrected chi connectivity index (χ1v) is 9.62. The molecule has 0 aliphatic rings. The van der Waals surface area contributed by atoms with Gasteiger partial charge in [-0.15, -0.1) is 0 Å². The van der Waals surface area contributed by atoms with Crippen molar-refractivity contribution in [3.05, 3.63) is 73.2 Å². The van der Waals surface area contributed by atoms with Gasteiger partial charge in [0.05, 0.1) is 0 Å². The molecule has 0 aliphatic heterocycles. The van der Waals surface area contributed by atoms with Crippen LogP contribution in [0.15, 0.2) is 78.2 Å². The molecule has 23 heavy (non-hydrogen) atoms. The van der Waals surface area contributed by atoms with Crippen LogP contribution in [0.3, 0.4) is 0 Å². The molecule has 0 bridgehead atoms. The van der Waals surface area contributed by atoms with Gasteiger partial charge in [-0.1, -0.05) is 18.2 Å². The zero-order chi connectivity index (χ0) is 16.0. The molecular weight excluding hydrogens is 333 g/mol. The van der Waals surface area contributed by atoms with E-state index in [0.717, 1.165) is 11.4 Å². The summed E-state index contributed by atoms with van der Waals surface area (Å²) < 4.78 is 24.1. The Morgan fingerprint density at radius 3 is 1.70 bits per heavy atom. The predicted molar refractivity (Wildman–Crippen MR) is 87.4 cm³/mol. The Kier molecular flexibility index (Phi) is 4.90. The molecule has 6 nitrogen and oxygen atoms in total. The summed E-state index contributed by atoms with van der Waals surface area (Å²) in [5.41, 5.74) is 0. The summed E-state index contributed by atoms with van der Waals surface area (Å²) in [6.45, 7) is -3.66. The van der Waals surface area contributed by atoms with Crippen molar-refractivity contribution in [2.75, 3.05) is 0 Å². The summed E-state index contributed by atoms with van der Waals surface area (Å²) in [4.78, 5) is 12.2. The molecule has 0 N–H and O–H groups in total. The zero-order valence-electron chi connectivity index (χ0n) is 11.9. The Morgan fingerprint density at radius 1 is 0.739 bits per heavy atom. The van der Waals surface area contributed by atoms with E-state index >= 15 is 0 Å². The fourth-order valence-corrected chi connectivity index (χ4v) is 4.56. The first-order chi connectivity index (χ1) is 11.2. The molecule has 0 spiro atoms. The number of rotatable bonds is 6. The van der Waals surface area contributed by atoms with Gasteiger partial charge < -0.3 is 9.05 Å². The third-order valence-electron chi connectivity index (χ3n) is 2.53. The van der Waals surface area contributed by atoms with E-state index in [1.54, 1.807) is 73.2 Å². The van der Waals surface area contributed by atoms with Crippen LogP contribution in [0.5, 0.6) is 11.8 Å². The normalized spacial score (nSPS) is 11.0. The lowest BCUT2D eigenvalue weighted by Gasteiger charge is -2.17. The van der Waals surface area contributed by atoms with Crippen molar-refractivity contribution in [3.8, 4) is 11.8 Å². The largest absolute Gasteiger partial charge is 0.501 e. The lowest BCUT2D eigenvalue weighted by Crippen LogP contribution is -2.00. The molecule has 0 aromatic carbocycles. The van der Waals surface area contributed by atoms with E-state index in [9.17, 15) is 4.57 Å². The van der Waals surface area contributed by atoms with Crippen LogP contribution in [-0.2, 0) is 4.57 Å². The maximum absolute atomic E-state index is 13.1. The van der Waals surface area contributed by atoms with E-state index in [1.165, 1.54) is 0 Å². The fourth-order valence-electron chi connectivity index (χ4n) is 1.60. The van der Waals surface area contributed by atoms with Gasteiger partial charge in [-0.05, 0) is 24.3 Å². The second kappa shape index (κ2) is 7.26. The number of hydrogen-bond acceptors (Lipinski definition) is 7. The quantitative estimate of drug-likeness (QED) is 0.619. The average Bonchev–Trinajstić information content (AvgIpc) is 2.57. The third kappa shape index (κ3) is 4.55. The van der Waals surface area contributed by atoms with Gasteiger partial charge in [0.15, 0.2) is 0 Å². The smallest absolute Gasteiger partial charge is 0.390 e. The number of nitrogens with zero attached hydrogens (tertiary/aromatic N) is 3. The summed E-state index contributed by atoms with van der Waals surface area (Å²) in [5, 5.41) is 0.516. The van der Waals surface area contributed by atoms with Gasteiger partial charge in [0.1, 0.15) is 5.03 Å². The van der Waals surface area contributed by atoms with E-state index in [-0.39, 0.29) is 11.8 Å². The standard InChI is InChI=1S/C15H12N3O3PS/c19-22(20-13-7-1-4-10-16-13,21-14-8-2-5-11-17-14)23-15-9-3-6-12-18-15/h1-12H. The van der Waals surface area contributed by atoms with Gasteiger partial charge >= 0.3 is 6.80 Å². The Labute approximate surface area is 137 Å². The highest BCUT2D eigenvalue weighted by Gasteiger charge is 2.32. The van der Waals surface area contributed by atoms with Crippen molar-refractivity contribution >= 4 is 18.2 Å². The summed E-state index contributed by atoms with van der Waals surface area (Å²) in [6, 6.07) is 15.4. The highest BCUT2D eigenvalue weighted by molar-refractivity contribution is 8.55. The second-order valence-electron chi connectivity index (χ2n) is 4.23. The molecule has 0 radical (unpaired) electrons. The predicted octanol–water partition coefficient (Wildman–Crippen LogP) is 4.23. The van der Waals surface area contributed by atoms with Crippen LogP contribution in [0.1, 0.15) is 0 Å². The highest BCUT2D eigenvalue weighted by Crippen LogP contribution is 2.61. The van der Waals surface area contributed by atoms with E-state index in [0.29, 0.717) is 5.03 Å². The van der Waals surface area contributed by atoms with Crippen LogP contribution in [0.2, 0.25) is 0 Å². The van der Waals surface area contributed by atoms with Crippen LogP contribution in [0, 0.1) is 0 Å². The van der Waals surface area contributed by atoms with Crippen molar-refractivity contribution in [1.82, 2.24) is 15.0 Å². The molecule has 3 aromatic heterocycles. The van der Waals surface area contributed by atoms with E-state index in [2.05, 4.69) is 15.0 Å². The Hall–Kier alpha value is -2.37. The van der Waals surface area contributed by atoms with E-state index < -0.39 is 6.80 Å². The third-order valence-corrected chi connectivity index (χ3v) is 5.68. The molecule has 3 rings (SSSR count). The van der Waals surface area contributed by atoms with Crippen LogP contribution in [0.25, 0.3) is 0 Å². The Balaban J connectivity index is 1.87. The Bertz CT molecular complexity index is 683. The minimum Gasteiger partial charge on any atom is -0.390 e. The van der Waals surface area contributed by atoms with Crippen molar-refractivity contribution < 1.29 is 13.6 Å². The van der Waals surface area contributed by atoms with Crippen molar-refractivity contribution in [1.29, 1.82) is 0 Å². The maximum Gasteiger partial charge on any atom is 0.501 e. The van der Waals surface area contributed by atoms with Crippen molar-refractivity contribution in [3.63, 3.8) is 0 Å². The molecule has 0 fully saturated rings. The van der Waals surface area contributed by atoms with Gasteiger partial charge in [0.25, 0.3) is 0 Å². The molecule has 0 unspecified atom stereocenters. The van der Waals surface area contributed by atoms with Crippen LogP contribution >= 0.6 is 18.2 Å². The number of hydrogen-bond donors (Lipinski definition) is 0. The molecule has 0 aliphatic carbocycles. The van der Waals surface area contributed by atoms with Crippen LogP contribution in [-0.4, -0.2) is 15.0 Å². The van der Waals surface area contributed by atoms with Crippen LogP contribution in [0.4, 0.5) is 0 Å². The Morgan fingerprint density at radius 2 is 1.26 bits per heavy atom. The van der Waals surface area contributed by atoms with Gasteiger partial charge in [-0.25, -0.2) is 19.5 Å². The highest BCUT2D eigenvalue weighted by atomic mass is 32.7. The summed E-state index contributed by atoms with van der Waals surface area (Å²) in [5.74, 6) is 0.408. The molecule has 3 heterocycles. The van der Waals surface area contributed by atoms with Crippen molar-refractivity contribution in [2.24, 2.45) is 0 Å². The van der Waals surface area contributed by atoms with Gasteiger partial charge in [-0.3, -0.25) is 0 Å². The molecule has 0 saturated carbocycles. The summed E-state index contributed by atoms with van der Waals surface area (Å²) in [7, 11) is 0. The zero-order valence-corrected chi connectivity index (χ0v) is 13.6. The molecule has 116 valence electrons. The molecular formula is C15H12N3O3PS. The second-order valence-corrected chi connectivity index (χ2v) is 7.97. The molecule has 3 aromatic rings. The van der Waals surface area contributed by atoms with Gasteiger partial charge in [-0.2, -0.15) is 0 Å². The van der Waals surface area contributed by atoms with Crippen LogP contribution < -0.4 is 9.05 Å². The lowest BCUT2D eigenvalue weighted by molar-refractivity contribution is 0.396. The molecule has 0 atom stereocenters. The maximum atomic E-state index is 13.1. The topological polar surface area (TPSA) is 74.2 Å². The van der Waals surface area contributed by atoms with Gasteiger partial charge in [0.2, 0.25) is 11.8 Å². The number of pyridine rings is 3. The SMILES string of the molecule is O=P(Oc1ccccn1)(Oc1ccccn1)Sc1ccccn1. The van der Waals surface area contributed by atoms with E-state index in [4.69, 9.17) is 9.05 Å². The first-order valence-electron chi connectivity index (χ1n) is 6.65. The minimum atomic E-state index is -3.66. The van der Waals surface area contributed by atoms with Crippen molar-refractivity contribution in [2.45, 2.75) is 5.03 Å². The first kappa shape index (κ1) is 15.5. The number of aromatic nitrogens is 3. The molecule has 8 heteroatoms. The monoisotopic (exact) mass is 345 g/mol. The summed E-state index contributed by atoms with van der Waals surface area (Å²) in [6.07, 6.45) is 4.70. The lowest BCUT2D eigenvalue weighted by atomic mass is 10.5. The fraction of sp³-hybridized carbons (Fsp3) is 0.